The number of nitrogens with zero attached hydrogens (tertiary/aromatic N) is 1. The van der Waals surface area contributed by atoms with Crippen molar-refractivity contribution in [3.05, 3.63) is 41.2 Å². The Morgan fingerprint density at radius 1 is 1.47 bits per heavy atom. The molecule has 19 heavy (non-hydrogen) atoms. The normalized spacial score (nSPS) is 10.2. The van der Waals surface area contributed by atoms with Crippen LogP contribution in [0.25, 0.3) is 10.8 Å². The van der Waals surface area contributed by atoms with E-state index in [4.69, 9.17) is 15.7 Å². The maximum Gasteiger partial charge on any atom is 0.340 e. The monoisotopic (exact) mass is 258 g/mol. The second-order valence-corrected chi connectivity index (χ2v) is 3.91. The van der Waals surface area contributed by atoms with Crippen molar-refractivity contribution in [1.29, 1.82) is 5.26 Å². The summed E-state index contributed by atoms with van der Waals surface area (Å²) in [4.78, 5) is 11.8. The highest BCUT2D eigenvalue weighted by atomic mass is 19.1. The molecular weight excluding hydrogens is 247 g/mol. The van der Waals surface area contributed by atoms with Crippen LogP contribution in [-0.4, -0.2) is 12.6 Å². The molecule has 2 N–H and O–H groups in total. The lowest BCUT2D eigenvalue weighted by atomic mass is 9.99. The first-order chi connectivity index (χ1) is 9.08. The number of nitrogens with two attached hydrogens (primary N) is 1. The molecule has 5 heteroatoms. The summed E-state index contributed by atoms with van der Waals surface area (Å²) < 4.78 is 18.1. The summed E-state index contributed by atoms with van der Waals surface area (Å²) in [5, 5.41) is 10.1. The summed E-state index contributed by atoms with van der Waals surface area (Å²) in [5.74, 6) is -1.07. The number of hydrogen-bond donors (Lipinski definition) is 1. The molecule has 96 valence electrons. The minimum atomic E-state index is -0.623. The molecule has 0 spiro atoms. The van der Waals surface area contributed by atoms with Gasteiger partial charge in [0, 0.05) is 5.39 Å². The molecular formula is C14H11FN2O2. The van der Waals surface area contributed by atoms with Crippen LogP contribution in [0.1, 0.15) is 22.8 Å². The van der Waals surface area contributed by atoms with Crippen LogP contribution in [0.4, 0.5) is 10.1 Å². The van der Waals surface area contributed by atoms with E-state index in [0.717, 1.165) is 0 Å². The van der Waals surface area contributed by atoms with Crippen LogP contribution < -0.4 is 5.73 Å². The Balaban J connectivity index is 2.77. The third-order valence-corrected chi connectivity index (χ3v) is 2.75. The fourth-order valence-electron chi connectivity index (χ4n) is 1.89. The highest BCUT2D eigenvalue weighted by Gasteiger charge is 2.17. The van der Waals surface area contributed by atoms with Crippen LogP contribution in [0.2, 0.25) is 0 Å². The molecule has 0 aromatic heterocycles. The lowest BCUT2D eigenvalue weighted by molar-refractivity contribution is 0.0528. The number of carbonyl (C=O) groups excluding carboxylic acids is 1. The van der Waals surface area contributed by atoms with Gasteiger partial charge in [-0.25, -0.2) is 9.18 Å². The van der Waals surface area contributed by atoms with Gasteiger partial charge in [0.15, 0.2) is 0 Å². The Morgan fingerprint density at radius 2 is 2.21 bits per heavy atom. The average molecular weight is 258 g/mol. The predicted octanol–water partition coefficient (Wildman–Crippen LogP) is 2.61. The summed E-state index contributed by atoms with van der Waals surface area (Å²) in [6.07, 6.45) is 0. The zero-order chi connectivity index (χ0) is 14.0. The van der Waals surface area contributed by atoms with Gasteiger partial charge in [0.25, 0.3) is 0 Å². The number of benzene rings is 2. The molecule has 0 aliphatic heterocycles. The van der Waals surface area contributed by atoms with Gasteiger partial charge in [0.2, 0.25) is 0 Å². The molecule has 0 aliphatic carbocycles. The third kappa shape index (κ3) is 2.20. The van der Waals surface area contributed by atoms with Crippen molar-refractivity contribution < 1.29 is 13.9 Å². The zero-order valence-corrected chi connectivity index (χ0v) is 10.2. The maximum atomic E-state index is 13.2. The summed E-state index contributed by atoms with van der Waals surface area (Å²) in [5.41, 5.74) is 6.10. The van der Waals surface area contributed by atoms with Crippen molar-refractivity contribution >= 4 is 22.4 Å². The van der Waals surface area contributed by atoms with Gasteiger partial charge in [-0.1, -0.05) is 6.07 Å². The van der Waals surface area contributed by atoms with E-state index >= 15 is 0 Å². The second kappa shape index (κ2) is 4.94. The quantitative estimate of drug-likeness (QED) is 0.663. The molecule has 0 atom stereocenters. The summed E-state index contributed by atoms with van der Waals surface area (Å²) in [6, 6.07) is 7.33. The Labute approximate surface area is 109 Å². The van der Waals surface area contributed by atoms with Crippen molar-refractivity contribution in [3.63, 3.8) is 0 Å². The smallest absolute Gasteiger partial charge is 0.340 e. The summed E-state index contributed by atoms with van der Waals surface area (Å²) in [7, 11) is 0. The van der Waals surface area contributed by atoms with Crippen LogP contribution in [0.3, 0.4) is 0 Å². The number of esters is 1. The summed E-state index contributed by atoms with van der Waals surface area (Å²) >= 11 is 0. The van der Waals surface area contributed by atoms with Gasteiger partial charge in [-0.3, -0.25) is 0 Å². The largest absolute Gasteiger partial charge is 0.462 e. The van der Waals surface area contributed by atoms with Gasteiger partial charge in [0.05, 0.1) is 23.4 Å². The van der Waals surface area contributed by atoms with Crippen LogP contribution >= 0.6 is 0 Å². The van der Waals surface area contributed by atoms with Crippen LogP contribution in [-0.2, 0) is 4.74 Å². The van der Waals surface area contributed by atoms with Gasteiger partial charge in [-0.05, 0) is 30.5 Å². The first kappa shape index (κ1) is 12.8. The number of halogens is 1. The predicted molar refractivity (Wildman–Crippen MR) is 69.0 cm³/mol. The number of nitrogen functional groups attached to an aromatic ring is 1. The lowest BCUT2D eigenvalue weighted by Gasteiger charge is -2.10. The van der Waals surface area contributed by atoms with E-state index in [2.05, 4.69) is 0 Å². The number of fused-ring (bicyclic) bond motifs is 1. The fraction of sp³-hybridized carbons (Fsp3) is 0.143. The van der Waals surface area contributed by atoms with Crippen molar-refractivity contribution in [2.45, 2.75) is 6.92 Å². The Hall–Kier alpha value is -2.61. The molecule has 2 aromatic carbocycles. The van der Waals surface area contributed by atoms with Crippen molar-refractivity contribution in [2.75, 3.05) is 12.3 Å². The third-order valence-electron chi connectivity index (χ3n) is 2.75. The molecule has 2 rings (SSSR count). The van der Waals surface area contributed by atoms with E-state index in [1.807, 2.05) is 6.07 Å². The number of anilines is 1. The van der Waals surface area contributed by atoms with Gasteiger partial charge in [-0.2, -0.15) is 5.26 Å². The number of ether oxygens (including phenoxy) is 1. The van der Waals surface area contributed by atoms with E-state index in [1.165, 1.54) is 24.3 Å². The Kier molecular flexibility index (Phi) is 3.34. The van der Waals surface area contributed by atoms with Crippen LogP contribution in [0, 0.1) is 17.1 Å². The highest BCUT2D eigenvalue weighted by molar-refractivity contribution is 6.04. The van der Waals surface area contributed by atoms with E-state index in [0.29, 0.717) is 10.8 Å². The minimum Gasteiger partial charge on any atom is -0.462 e. The number of carbonyl (C=O) groups is 1. The van der Waals surface area contributed by atoms with Gasteiger partial charge in [0.1, 0.15) is 11.9 Å². The summed E-state index contributed by atoms with van der Waals surface area (Å²) in [6.45, 7) is 1.86. The van der Waals surface area contributed by atoms with Crippen LogP contribution in [0.15, 0.2) is 24.3 Å². The average Bonchev–Trinajstić information content (AvgIpc) is 2.38. The Bertz CT molecular complexity index is 705. The molecule has 4 nitrogen and oxygen atoms in total. The van der Waals surface area contributed by atoms with Gasteiger partial charge in [-0.15, -0.1) is 0 Å². The maximum absolute atomic E-state index is 13.2. The second-order valence-electron chi connectivity index (χ2n) is 3.91. The number of rotatable bonds is 2. The topological polar surface area (TPSA) is 76.1 Å². The standard InChI is InChI=1S/C14H11FN2O2/c1-2-19-14(18)11-6-8-5-9(15)3-4-10(8)12(7-16)13(11)17/h3-6H,2,17H2,1H3. The van der Waals surface area contributed by atoms with Gasteiger partial charge >= 0.3 is 5.97 Å². The molecule has 0 unspecified atom stereocenters. The number of hydrogen-bond acceptors (Lipinski definition) is 4. The molecule has 0 saturated heterocycles. The van der Waals surface area contributed by atoms with Gasteiger partial charge < -0.3 is 10.5 Å². The molecule has 0 aliphatic rings. The Morgan fingerprint density at radius 3 is 2.84 bits per heavy atom. The van der Waals surface area contributed by atoms with Crippen molar-refractivity contribution in [3.8, 4) is 6.07 Å². The first-order valence-corrected chi connectivity index (χ1v) is 5.67. The van der Waals surface area contributed by atoms with Crippen molar-refractivity contribution in [2.24, 2.45) is 0 Å². The van der Waals surface area contributed by atoms with E-state index in [1.54, 1.807) is 6.92 Å². The van der Waals surface area contributed by atoms with E-state index in [-0.39, 0.29) is 23.4 Å². The first-order valence-electron chi connectivity index (χ1n) is 5.67. The zero-order valence-electron chi connectivity index (χ0n) is 10.2. The molecule has 0 fully saturated rings. The molecule has 2 aromatic rings. The number of nitriles is 1. The fourth-order valence-corrected chi connectivity index (χ4v) is 1.89. The molecule has 0 bridgehead atoms. The SMILES string of the molecule is CCOC(=O)c1cc2cc(F)ccc2c(C#N)c1N. The van der Waals surface area contributed by atoms with Crippen LogP contribution in [0.5, 0.6) is 0 Å². The minimum absolute atomic E-state index is 0.0556. The molecule has 0 heterocycles. The van der Waals surface area contributed by atoms with E-state index in [9.17, 15) is 9.18 Å². The highest BCUT2D eigenvalue weighted by Crippen LogP contribution is 2.28. The molecule has 0 radical (unpaired) electrons. The van der Waals surface area contributed by atoms with Crippen molar-refractivity contribution in [1.82, 2.24) is 0 Å². The lowest BCUT2D eigenvalue weighted by Crippen LogP contribution is -2.09. The molecule has 0 amide bonds. The molecule has 0 saturated carbocycles. The van der Waals surface area contributed by atoms with E-state index < -0.39 is 11.8 Å².